The maximum Gasteiger partial charge on any atom is 0.128 e. The highest BCUT2D eigenvalue weighted by atomic mass is 16.5. The lowest BCUT2D eigenvalue weighted by Gasteiger charge is -2.10. The Labute approximate surface area is 125 Å². The predicted molar refractivity (Wildman–Crippen MR) is 84.6 cm³/mol. The predicted octanol–water partition coefficient (Wildman–Crippen LogP) is 2.49. The van der Waals surface area contributed by atoms with Crippen molar-refractivity contribution in [2.45, 2.75) is 13.5 Å². The second-order valence-corrected chi connectivity index (χ2v) is 4.64. The highest BCUT2D eigenvalue weighted by molar-refractivity contribution is 5.83. The van der Waals surface area contributed by atoms with Crippen LogP contribution in [0.25, 0.3) is 0 Å². The molecule has 0 aromatic heterocycles. The highest BCUT2D eigenvalue weighted by Gasteiger charge is 2.02. The fraction of sp³-hybridized carbons (Fsp3) is 0.235. The van der Waals surface area contributed by atoms with Crippen molar-refractivity contribution in [3.8, 4) is 5.75 Å². The first-order chi connectivity index (χ1) is 10.3. The van der Waals surface area contributed by atoms with Crippen LogP contribution in [0.1, 0.15) is 16.7 Å². The topological polar surface area (TPSA) is 53.8 Å². The van der Waals surface area contributed by atoms with Gasteiger partial charge in [-0.3, -0.25) is 0 Å². The second kappa shape index (κ2) is 8.07. The smallest absolute Gasteiger partial charge is 0.128 e. The zero-order valence-electron chi connectivity index (χ0n) is 12.1. The fourth-order valence-corrected chi connectivity index (χ4v) is 1.88. The molecular formula is C17H20N2O2. The van der Waals surface area contributed by atoms with Crippen LogP contribution in [0.4, 0.5) is 0 Å². The quantitative estimate of drug-likeness (QED) is 0.466. The number of hydrazone groups is 1. The summed E-state index contributed by atoms with van der Waals surface area (Å²) in [6.45, 7) is 3.10. The van der Waals surface area contributed by atoms with Crippen LogP contribution in [0, 0.1) is 6.92 Å². The summed E-state index contributed by atoms with van der Waals surface area (Å²) in [5.41, 5.74) is 6.04. The third-order valence-corrected chi connectivity index (χ3v) is 3.08. The maximum absolute atomic E-state index is 8.69. The first-order valence-corrected chi connectivity index (χ1v) is 6.94. The molecule has 2 rings (SSSR count). The van der Waals surface area contributed by atoms with Gasteiger partial charge in [-0.1, -0.05) is 36.4 Å². The van der Waals surface area contributed by atoms with E-state index in [1.807, 2.05) is 36.4 Å². The van der Waals surface area contributed by atoms with Crippen LogP contribution in [0.2, 0.25) is 0 Å². The Balaban J connectivity index is 2.03. The Kier molecular flexibility index (Phi) is 5.79. The third kappa shape index (κ3) is 4.61. The summed E-state index contributed by atoms with van der Waals surface area (Å²) in [6.07, 6.45) is 1.70. The Morgan fingerprint density at radius 3 is 2.71 bits per heavy atom. The van der Waals surface area contributed by atoms with Crippen LogP contribution in [0.15, 0.2) is 53.6 Å². The number of para-hydroxylation sites is 1. The maximum atomic E-state index is 8.69. The lowest BCUT2D eigenvalue weighted by Crippen LogP contribution is -2.11. The molecule has 0 aliphatic carbocycles. The largest absolute Gasteiger partial charge is 0.488 e. The van der Waals surface area contributed by atoms with Crippen LogP contribution in [-0.2, 0) is 6.61 Å². The molecule has 0 heterocycles. The van der Waals surface area contributed by atoms with Crippen LogP contribution in [0.3, 0.4) is 0 Å². The van der Waals surface area contributed by atoms with Crippen molar-refractivity contribution in [1.29, 1.82) is 0 Å². The Hall–Kier alpha value is -2.33. The monoisotopic (exact) mass is 284 g/mol. The number of hydrogen-bond donors (Lipinski definition) is 2. The SMILES string of the molecule is Cc1ccccc1COc1ccccc1C=NNCCO. The molecule has 2 N–H and O–H groups in total. The van der Waals surface area contributed by atoms with E-state index >= 15 is 0 Å². The van der Waals surface area contributed by atoms with Crippen molar-refractivity contribution in [3.63, 3.8) is 0 Å². The molecule has 0 fully saturated rings. The lowest BCUT2D eigenvalue weighted by atomic mass is 10.1. The number of aryl methyl sites for hydroxylation is 1. The Bertz CT molecular complexity index is 597. The standard InChI is InChI=1S/C17H20N2O2/c1-14-6-2-3-8-16(14)13-21-17-9-5-4-7-15(17)12-19-18-10-11-20/h2-9,12,18,20H,10-11,13H2,1H3. The van der Waals surface area contributed by atoms with Gasteiger partial charge in [0.05, 0.1) is 19.4 Å². The number of nitrogens with one attached hydrogen (secondary N) is 1. The number of benzene rings is 2. The molecular weight excluding hydrogens is 264 g/mol. The van der Waals surface area contributed by atoms with E-state index in [1.165, 1.54) is 11.1 Å². The van der Waals surface area contributed by atoms with Crippen LogP contribution in [-0.4, -0.2) is 24.5 Å². The summed E-state index contributed by atoms with van der Waals surface area (Å²) in [5, 5.41) is 12.7. The van der Waals surface area contributed by atoms with Gasteiger partial charge in [0.1, 0.15) is 12.4 Å². The molecule has 0 amide bonds. The summed E-state index contributed by atoms with van der Waals surface area (Å²) >= 11 is 0. The van der Waals surface area contributed by atoms with Crippen molar-refractivity contribution in [2.24, 2.45) is 5.10 Å². The first-order valence-electron chi connectivity index (χ1n) is 6.94. The summed E-state index contributed by atoms with van der Waals surface area (Å²) in [5.74, 6) is 0.787. The average Bonchev–Trinajstić information content (AvgIpc) is 2.52. The number of aliphatic hydroxyl groups excluding tert-OH is 1. The lowest BCUT2D eigenvalue weighted by molar-refractivity contribution is 0.293. The Morgan fingerprint density at radius 2 is 1.90 bits per heavy atom. The van der Waals surface area contributed by atoms with E-state index in [0.717, 1.165) is 11.3 Å². The molecule has 21 heavy (non-hydrogen) atoms. The van der Waals surface area contributed by atoms with E-state index in [2.05, 4.69) is 29.6 Å². The van der Waals surface area contributed by atoms with Gasteiger partial charge >= 0.3 is 0 Å². The van der Waals surface area contributed by atoms with Crippen molar-refractivity contribution >= 4 is 6.21 Å². The molecule has 0 radical (unpaired) electrons. The van der Waals surface area contributed by atoms with Crippen LogP contribution < -0.4 is 10.2 Å². The molecule has 0 unspecified atom stereocenters. The third-order valence-electron chi connectivity index (χ3n) is 3.08. The number of aliphatic hydroxyl groups is 1. The van der Waals surface area contributed by atoms with E-state index in [0.29, 0.717) is 13.2 Å². The minimum atomic E-state index is 0.0583. The number of ether oxygens (including phenoxy) is 1. The van der Waals surface area contributed by atoms with Gasteiger partial charge < -0.3 is 15.3 Å². The van der Waals surface area contributed by atoms with Gasteiger partial charge in [-0.2, -0.15) is 5.10 Å². The van der Waals surface area contributed by atoms with Crippen LogP contribution >= 0.6 is 0 Å². The van der Waals surface area contributed by atoms with Crippen molar-refractivity contribution in [3.05, 3.63) is 65.2 Å². The van der Waals surface area contributed by atoms with Gasteiger partial charge in [-0.05, 0) is 30.2 Å². The molecule has 4 heteroatoms. The number of nitrogens with zero attached hydrogens (tertiary/aromatic N) is 1. The van der Waals surface area contributed by atoms with E-state index in [1.54, 1.807) is 6.21 Å². The number of rotatable bonds is 7. The van der Waals surface area contributed by atoms with Crippen molar-refractivity contribution < 1.29 is 9.84 Å². The van der Waals surface area contributed by atoms with E-state index in [4.69, 9.17) is 9.84 Å². The van der Waals surface area contributed by atoms with Crippen molar-refractivity contribution in [1.82, 2.24) is 5.43 Å². The zero-order chi connectivity index (χ0) is 14.9. The van der Waals surface area contributed by atoms with Gasteiger partial charge in [-0.25, -0.2) is 0 Å². The number of hydrogen-bond acceptors (Lipinski definition) is 4. The average molecular weight is 284 g/mol. The van der Waals surface area contributed by atoms with Gasteiger partial charge in [0.2, 0.25) is 0 Å². The van der Waals surface area contributed by atoms with Gasteiger partial charge in [0.25, 0.3) is 0 Å². The van der Waals surface area contributed by atoms with Gasteiger partial charge in [0, 0.05) is 5.56 Å². The molecule has 2 aromatic rings. The molecule has 4 nitrogen and oxygen atoms in total. The molecule has 0 bridgehead atoms. The highest BCUT2D eigenvalue weighted by Crippen LogP contribution is 2.18. The summed E-state index contributed by atoms with van der Waals surface area (Å²) in [7, 11) is 0. The van der Waals surface area contributed by atoms with Gasteiger partial charge in [-0.15, -0.1) is 0 Å². The minimum Gasteiger partial charge on any atom is -0.488 e. The zero-order valence-corrected chi connectivity index (χ0v) is 12.1. The minimum absolute atomic E-state index is 0.0583. The fourth-order valence-electron chi connectivity index (χ4n) is 1.88. The summed E-state index contributed by atoms with van der Waals surface area (Å²) < 4.78 is 5.89. The van der Waals surface area contributed by atoms with E-state index in [9.17, 15) is 0 Å². The van der Waals surface area contributed by atoms with E-state index in [-0.39, 0.29) is 6.61 Å². The Morgan fingerprint density at radius 1 is 1.14 bits per heavy atom. The molecule has 0 spiro atoms. The van der Waals surface area contributed by atoms with E-state index < -0.39 is 0 Å². The second-order valence-electron chi connectivity index (χ2n) is 4.64. The summed E-state index contributed by atoms with van der Waals surface area (Å²) in [6, 6.07) is 15.9. The first kappa shape index (κ1) is 15.1. The molecule has 0 atom stereocenters. The molecule has 0 aliphatic rings. The van der Waals surface area contributed by atoms with Crippen LogP contribution in [0.5, 0.6) is 5.75 Å². The molecule has 2 aromatic carbocycles. The molecule has 0 aliphatic heterocycles. The molecule has 0 saturated carbocycles. The molecule has 110 valence electrons. The van der Waals surface area contributed by atoms with Crippen molar-refractivity contribution in [2.75, 3.05) is 13.2 Å². The van der Waals surface area contributed by atoms with Gasteiger partial charge in [0.15, 0.2) is 0 Å². The normalized spacial score (nSPS) is 10.8. The summed E-state index contributed by atoms with van der Waals surface area (Å²) in [4.78, 5) is 0. The molecule has 0 saturated heterocycles.